The predicted molar refractivity (Wildman–Crippen MR) is 104 cm³/mol. The fraction of sp³-hybridized carbons (Fsp3) is 0.263. The smallest absolute Gasteiger partial charge is 0.270 e. The molecule has 1 fully saturated rings. The van der Waals surface area contributed by atoms with Crippen molar-refractivity contribution in [2.24, 2.45) is 5.92 Å². The molecule has 1 aromatic carbocycles. The minimum absolute atomic E-state index is 0.111. The average Bonchev–Trinajstić information content (AvgIpc) is 3.16. The number of rotatable bonds is 4. The van der Waals surface area contributed by atoms with Crippen molar-refractivity contribution in [3.63, 3.8) is 0 Å². The van der Waals surface area contributed by atoms with Crippen molar-refractivity contribution in [2.75, 3.05) is 23.3 Å². The van der Waals surface area contributed by atoms with Gasteiger partial charge in [-0.1, -0.05) is 6.07 Å². The molecule has 10 nitrogen and oxygen atoms in total. The summed E-state index contributed by atoms with van der Waals surface area (Å²) in [6.45, 7) is 1.15. The number of amides is 1. The molecule has 3 aromatic rings. The van der Waals surface area contributed by atoms with Crippen molar-refractivity contribution in [2.45, 2.75) is 12.8 Å². The predicted octanol–water partition coefficient (Wildman–Crippen LogP) is 2.36. The summed E-state index contributed by atoms with van der Waals surface area (Å²) in [5.74, 6) is 0.0769. The summed E-state index contributed by atoms with van der Waals surface area (Å²) in [5.41, 5.74) is 1.46. The van der Waals surface area contributed by atoms with Crippen molar-refractivity contribution in [3.8, 4) is 6.07 Å². The van der Waals surface area contributed by atoms with Crippen LogP contribution in [0.15, 0.2) is 42.6 Å². The Labute approximate surface area is 165 Å². The zero-order chi connectivity index (χ0) is 20.4. The molecule has 0 spiro atoms. The largest absolute Gasteiger partial charge is 0.370 e. The van der Waals surface area contributed by atoms with E-state index in [4.69, 9.17) is 0 Å². The molecule has 1 N–H and O–H groups in total. The summed E-state index contributed by atoms with van der Waals surface area (Å²) in [6, 6.07) is 11.8. The van der Waals surface area contributed by atoms with Gasteiger partial charge in [-0.3, -0.25) is 24.6 Å². The van der Waals surface area contributed by atoms with E-state index in [1.165, 1.54) is 12.1 Å². The summed E-state index contributed by atoms with van der Waals surface area (Å²) in [4.78, 5) is 25.0. The van der Waals surface area contributed by atoms with E-state index in [-0.39, 0.29) is 23.1 Å². The number of aromatic nitrogens is 3. The molecular formula is C19H17N7O3. The lowest BCUT2D eigenvalue weighted by Gasteiger charge is -2.33. The Morgan fingerprint density at radius 3 is 2.76 bits per heavy atom. The molecule has 29 heavy (non-hydrogen) atoms. The lowest BCUT2D eigenvalue weighted by atomic mass is 9.95. The molecule has 2 aromatic heterocycles. The van der Waals surface area contributed by atoms with Gasteiger partial charge in [0.15, 0.2) is 5.65 Å². The highest BCUT2D eigenvalue weighted by atomic mass is 16.6. The van der Waals surface area contributed by atoms with E-state index < -0.39 is 4.92 Å². The number of benzene rings is 1. The normalized spacial score (nSPS) is 14.5. The summed E-state index contributed by atoms with van der Waals surface area (Å²) in [7, 11) is 0. The van der Waals surface area contributed by atoms with E-state index in [1.54, 1.807) is 22.7 Å². The maximum absolute atomic E-state index is 12.7. The number of nitro benzene ring substituents is 1. The van der Waals surface area contributed by atoms with Crippen LogP contribution in [-0.2, 0) is 4.79 Å². The van der Waals surface area contributed by atoms with Crippen molar-refractivity contribution in [1.82, 2.24) is 14.6 Å². The van der Waals surface area contributed by atoms with Gasteiger partial charge in [0.1, 0.15) is 6.07 Å². The van der Waals surface area contributed by atoms with Gasteiger partial charge < -0.3 is 4.90 Å². The van der Waals surface area contributed by atoms with Gasteiger partial charge in [0.2, 0.25) is 11.9 Å². The van der Waals surface area contributed by atoms with Gasteiger partial charge in [-0.2, -0.15) is 5.26 Å². The fourth-order valence-corrected chi connectivity index (χ4v) is 3.52. The maximum Gasteiger partial charge on any atom is 0.270 e. The van der Waals surface area contributed by atoms with Crippen LogP contribution in [0.2, 0.25) is 0 Å². The zero-order valence-corrected chi connectivity index (χ0v) is 15.4. The molecule has 1 saturated heterocycles. The summed E-state index contributed by atoms with van der Waals surface area (Å²) in [6.07, 6.45) is 2.99. The number of hydrogen-bond donors (Lipinski definition) is 1. The third-order valence-electron chi connectivity index (χ3n) is 5.07. The van der Waals surface area contributed by atoms with Crippen molar-refractivity contribution in [3.05, 3.63) is 58.3 Å². The molecule has 4 rings (SSSR count). The number of carbonyl (C=O) groups excluding carboxylic acids is 1. The SMILES string of the molecule is N#Cc1cc([N+](=O)[O-])ccc1N1CCC(C(=O)Nc2nnc3ccccn23)CC1. The molecule has 3 heterocycles. The second kappa shape index (κ2) is 7.55. The number of nitrogens with zero attached hydrogens (tertiary/aromatic N) is 6. The molecule has 146 valence electrons. The Kier molecular flexibility index (Phi) is 4.78. The van der Waals surface area contributed by atoms with Crippen LogP contribution in [0.3, 0.4) is 0 Å². The van der Waals surface area contributed by atoms with Gasteiger partial charge >= 0.3 is 0 Å². The molecule has 0 bridgehead atoms. The Hall–Kier alpha value is -4.00. The van der Waals surface area contributed by atoms with Gasteiger partial charge in [0.25, 0.3) is 5.69 Å². The first-order chi connectivity index (χ1) is 14.1. The molecule has 10 heteroatoms. The number of nitrogens with one attached hydrogen (secondary N) is 1. The lowest BCUT2D eigenvalue weighted by Crippen LogP contribution is -2.38. The number of piperidine rings is 1. The van der Waals surface area contributed by atoms with Crippen LogP contribution >= 0.6 is 0 Å². The van der Waals surface area contributed by atoms with Gasteiger partial charge in [0.05, 0.1) is 16.2 Å². The highest BCUT2D eigenvalue weighted by Crippen LogP contribution is 2.29. The number of carbonyl (C=O) groups is 1. The first-order valence-corrected chi connectivity index (χ1v) is 9.11. The molecule has 1 amide bonds. The zero-order valence-electron chi connectivity index (χ0n) is 15.4. The summed E-state index contributed by atoms with van der Waals surface area (Å²) < 4.78 is 1.71. The molecule has 1 aliphatic heterocycles. The number of nitro groups is 1. The van der Waals surface area contributed by atoms with E-state index in [0.717, 1.165) is 0 Å². The van der Waals surface area contributed by atoms with Crippen LogP contribution in [0, 0.1) is 27.4 Å². The van der Waals surface area contributed by atoms with E-state index in [0.29, 0.717) is 43.2 Å². The average molecular weight is 391 g/mol. The van der Waals surface area contributed by atoms with Crippen molar-refractivity contribution < 1.29 is 9.72 Å². The monoisotopic (exact) mass is 391 g/mol. The number of fused-ring (bicyclic) bond motifs is 1. The number of hydrogen-bond acceptors (Lipinski definition) is 7. The van der Waals surface area contributed by atoms with Crippen LogP contribution in [0.1, 0.15) is 18.4 Å². The van der Waals surface area contributed by atoms with Crippen LogP contribution in [0.25, 0.3) is 5.65 Å². The molecule has 1 aliphatic rings. The highest BCUT2D eigenvalue weighted by molar-refractivity contribution is 5.91. The second-order valence-corrected chi connectivity index (χ2v) is 6.77. The fourth-order valence-electron chi connectivity index (χ4n) is 3.52. The standard InChI is InChI=1S/C19H17N7O3/c20-12-14-11-15(26(28)29)4-5-16(14)24-9-6-13(7-10-24)18(27)21-19-23-22-17-3-1-2-8-25(17)19/h1-5,8,11,13H,6-7,9-10H2,(H,21,23,27). The third-order valence-corrected chi connectivity index (χ3v) is 5.07. The quantitative estimate of drug-likeness (QED) is 0.534. The van der Waals surface area contributed by atoms with Gasteiger partial charge in [-0.05, 0) is 31.0 Å². The molecular weight excluding hydrogens is 374 g/mol. The van der Waals surface area contributed by atoms with Gasteiger partial charge in [-0.15, -0.1) is 10.2 Å². The highest BCUT2D eigenvalue weighted by Gasteiger charge is 2.27. The Balaban J connectivity index is 1.42. The number of non-ortho nitro benzene ring substituents is 1. The van der Waals surface area contributed by atoms with Crippen LogP contribution in [-0.4, -0.2) is 38.5 Å². The second-order valence-electron chi connectivity index (χ2n) is 6.77. The lowest BCUT2D eigenvalue weighted by molar-refractivity contribution is -0.384. The minimum Gasteiger partial charge on any atom is -0.370 e. The van der Waals surface area contributed by atoms with Crippen LogP contribution < -0.4 is 10.2 Å². The molecule has 0 atom stereocenters. The number of nitriles is 1. The first kappa shape index (κ1) is 18.4. The van der Waals surface area contributed by atoms with E-state index in [1.807, 2.05) is 23.1 Å². The van der Waals surface area contributed by atoms with Crippen LogP contribution in [0.5, 0.6) is 0 Å². The summed E-state index contributed by atoms with van der Waals surface area (Å²) >= 11 is 0. The molecule has 0 aliphatic carbocycles. The minimum atomic E-state index is -0.518. The number of anilines is 2. The third kappa shape index (κ3) is 3.58. The Morgan fingerprint density at radius 2 is 2.03 bits per heavy atom. The molecule has 0 unspecified atom stereocenters. The van der Waals surface area contributed by atoms with E-state index in [2.05, 4.69) is 15.5 Å². The topological polar surface area (TPSA) is 129 Å². The van der Waals surface area contributed by atoms with Crippen LogP contribution in [0.4, 0.5) is 17.3 Å². The van der Waals surface area contributed by atoms with E-state index in [9.17, 15) is 20.2 Å². The Morgan fingerprint density at radius 1 is 1.24 bits per heavy atom. The first-order valence-electron chi connectivity index (χ1n) is 9.11. The maximum atomic E-state index is 12.7. The van der Waals surface area contributed by atoms with Crippen molar-refractivity contribution >= 4 is 28.9 Å². The summed E-state index contributed by atoms with van der Waals surface area (Å²) in [5, 5.41) is 31.1. The molecule has 0 radical (unpaired) electrons. The van der Waals surface area contributed by atoms with E-state index >= 15 is 0 Å². The van der Waals surface area contributed by atoms with Gasteiger partial charge in [-0.25, -0.2) is 0 Å². The Bertz CT molecular complexity index is 1130. The number of pyridine rings is 1. The van der Waals surface area contributed by atoms with Crippen molar-refractivity contribution in [1.29, 1.82) is 5.26 Å². The van der Waals surface area contributed by atoms with Gasteiger partial charge in [0, 0.05) is 37.3 Å². The molecule has 0 saturated carbocycles.